The van der Waals surface area contributed by atoms with Gasteiger partial charge in [-0.25, -0.2) is 0 Å². The van der Waals surface area contributed by atoms with Crippen LogP contribution in [0, 0.1) is 13.8 Å². The van der Waals surface area contributed by atoms with Gasteiger partial charge in [-0.05, 0) is 25.0 Å². The molecule has 2 heterocycles. The molecule has 1 fully saturated rings. The second-order valence-corrected chi connectivity index (χ2v) is 5.77. The Bertz CT molecular complexity index is 681. The minimum Gasteiger partial charge on any atom is -0.354 e. The summed E-state index contributed by atoms with van der Waals surface area (Å²) < 4.78 is 5.31. The predicted molar refractivity (Wildman–Crippen MR) is 81.3 cm³/mol. The first-order valence-electron chi connectivity index (χ1n) is 7.47. The first-order chi connectivity index (χ1) is 10.6. The minimum atomic E-state index is 0.0429. The Balaban J connectivity index is 1.66. The molecule has 116 valence electrons. The van der Waals surface area contributed by atoms with Crippen molar-refractivity contribution in [1.29, 1.82) is 0 Å². The number of nitrogens with one attached hydrogen (secondary N) is 1. The van der Waals surface area contributed by atoms with Crippen LogP contribution in [0.15, 0.2) is 22.7 Å². The third-order valence-electron chi connectivity index (χ3n) is 3.84. The van der Waals surface area contributed by atoms with Crippen LogP contribution in [-0.4, -0.2) is 40.6 Å². The zero-order valence-corrected chi connectivity index (χ0v) is 12.9. The fourth-order valence-electron chi connectivity index (χ4n) is 2.60. The van der Waals surface area contributed by atoms with Crippen LogP contribution >= 0.6 is 0 Å². The van der Waals surface area contributed by atoms with Gasteiger partial charge in [-0.3, -0.25) is 9.69 Å². The number of rotatable bonds is 4. The molecule has 2 aromatic rings. The van der Waals surface area contributed by atoms with Gasteiger partial charge in [0.25, 0.3) is 0 Å². The summed E-state index contributed by atoms with van der Waals surface area (Å²) in [6.45, 7) is 6.54. The highest BCUT2D eigenvalue weighted by Crippen LogP contribution is 2.14. The Morgan fingerprint density at radius 3 is 3.05 bits per heavy atom. The fraction of sp³-hybridized carbons (Fsp3) is 0.438. The SMILES string of the molecule is Cc1ccc(C)c(Cc2noc(CN3CCNC(=O)C3)n2)c1. The molecular weight excluding hydrogens is 280 g/mol. The summed E-state index contributed by atoms with van der Waals surface area (Å²) in [5, 5.41) is 6.85. The van der Waals surface area contributed by atoms with E-state index in [0.29, 0.717) is 37.8 Å². The number of aryl methyl sites for hydroxylation is 2. The van der Waals surface area contributed by atoms with Crippen molar-refractivity contribution < 1.29 is 9.32 Å². The molecule has 6 heteroatoms. The first kappa shape index (κ1) is 14.7. The van der Waals surface area contributed by atoms with Crippen molar-refractivity contribution in [3.05, 3.63) is 46.6 Å². The Morgan fingerprint density at radius 1 is 1.36 bits per heavy atom. The number of nitrogens with zero attached hydrogens (tertiary/aromatic N) is 3. The molecule has 0 unspecified atom stereocenters. The number of benzene rings is 1. The van der Waals surface area contributed by atoms with Crippen molar-refractivity contribution in [2.24, 2.45) is 0 Å². The van der Waals surface area contributed by atoms with Gasteiger partial charge in [-0.15, -0.1) is 0 Å². The molecular formula is C16H20N4O2. The molecule has 1 aliphatic heterocycles. The molecule has 0 radical (unpaired) electrons. The number of piperazine rings is 1. The van der Waals surface area contributed by atoms with Crippen molar-refractivity contribution in [3.63, 3.8) is 0 Å². The van der Waals surface area contributed by atoms with Gasteiger partial charge in [0.05, 0.1) is 13.1 Å². The van der Waals surface area contributed by atoms with Crippen molar-refractivity contribution in [3.8, 4) is 0 Å². The Labute approximate surface area is 129 Å². The number of aromatic nitrogens is 2. The lowest BCUT2D eigenvalue weighted by molar-refractivity contribution is -0.124. The molecule has 22 heavy (non-hydrogen) atoms. The number of hydrogen-bond donors (Lipinski definition) is 1. The molecule has 1 aromatic carbocycles. The van der Waals surface area contributed by atoms with E-state index in [0.717, 1.165) is 6.54 Å². The standard InChI is InChI=1S/C16H20N4O2/c1-11-3-4-12(2)13(7-11)8-14-18-16(22-19-14)10-20-6-5-17-15(21)9-20/h3-4,7H,5-6,8-10H2,1-2H3,(H,17,21). The summed E-state index contributed by atoms with van der Waals surface area (Å²) in [5.74, 6) is 1.29. The highest BCUT2D eigenvalue weighted by atomic mass is 16.5. The highest BCUT2D eigenvalue weighted by Gasteiger charge is 2.19. The normalized spacial score (nSPS) is 15.8. The van der Waals surface area contributed by atoms with Crippen LogP contribution in [0.1, 0.15) is 28.4 Å². The molecule has 1 N–H and O–H groups in total. The van der Waals surface area contributed by atoms with Crippen LogP contribution in [-0.2, 0) is 17.8 Å². The fourth-order valence-corrected chi connectivity index (χ4v) is 2.60. The number of amides is 1. The van der Waals surface area contributed by atoms with E-state index in [1.165, 1.54) is 16.7 Å². The van der Waals surface area contributed by atoms with Crippen LogP contribution < -0.4 is 5.32 Å². The van der Waals surface area contributed by atoms with Gasteiger partial charge in [0, 0.05) is 19.5 Å². The zero-order valence-electron chi connectivity index (χ0n) is 12.9. The van der Waals surface area contributed by atoms with Gasteiger partial charge in [0.2, 0.25) is 11.8 Å². The summed E-state index contributed by atoms with van der Waals surface area (Å²) in [7, 11) is 0. The van der Waals surface area contributed by atoms with E-state index in [2.05, 4.69) is 47.5 Å². The molecule has 0 saturated carbocycles. The van der Waals surface area contributed by atoms with Crippen LogP contribution in [0.25, 0.3) is 0 Å². The topological polar surface area (TPSA) is 71.3 Å². The molecule has 6 nitrogen and oxygen atoms in total. The van der Waals surface area contributed by atoms with E-state index in [-0.39, 0.29) is 5.91 Å². The van der Waals surface area contributed by atoms with Gasteiger partial charge >= 0.3 is 0 Å². The lowest BCUT2D eigenvalue weighted by atomic mass is 10.0. The van der Waals surface area contributed by atoms with E-state index >= 15 is 0 Å². The van der Waals surface area contributed by atoms with Gasteiger partial charge in [-0.2, -0.15) is 4.98 Å². The second-order valence-electron chi connectivity index (χ2n) is 5.77. The first-order valence-corrected chi connectivity index (χ1v) is 7.47. The molecule has 1 aliphatic rings. The van der Waals surface area contributed by atoms with E-state index in [9.17, 15) is 4.79 Å². The number of hydrogen-bond acceptors (Lipinski definition) is 5. The second kappa shape index (κ2) is 6.27. The van der Waals surface area contributed by atoms with E-state index in [1.54, 1.807) is 0 Å². The lowest BCUT2D eigenvalue weighted by Gasteiger charge is -2.24. The Kier molecular flexibility index (Phi) is 4.20. The third kappa shape index (κ3) is 3.51. The number of carbonyl (C=O) groups is 1. The van der Waals surface area contributed by atoms with E-state index in [1.807, 2.05) is 4.90 Å². The van der Waals surface area contributed by atoms with Gasteiger partial charge < -0.3 is 9.84 Å². The van der Waals surface area contributed by atoms with Crippen LogP contribution in [0.3, 0.4) is 0 Å². The molecule has 1 aromatic heterocycles. The van der Waals surface area contributed by atoms with Gasteiger partial charge in [-0.1, -0.05) is 28.9 Å². The van der Waals surface area contributed by atoms with Crippen molar-refractivity contribution in [1.82, 2.24) is 20.4 Å². The maximum atomic E-state index is 11.4. The van der Waals surface area contributed by atoms with E-state index in [4.69, 9.17) is 4.52 Å². The van der Waals surface area contributed by atoms with Crippen LogP contribution in [0.5, 0.6) is 0 Å². The van der Waals surface area contributed by atoms with Crippen molar-refractivity contribution >= 4 is 5.91 Å². The third-order valence-corrected chi connectivity index (χ3v) is 3.84. The number of carbonyl (C=O) groups excluding carboxylic acids is 1. The predicted octanol–water partition coefficient (Wildman–Crippen LogP) is 1.21. The minimum absolute atomic E-state index is 0.0429. The highest BCUT2D eigenvalue weighted by molar-refractivity contribution is 5.78. The van der Waals surface area contributed by atoms with Crippen LogP contribution in [0.4, 0.5) is 0 Å². The average Bonchev–Trinajstić information content (AvgIpc) is 2.90. The largest absolute Gasteiger partial charge is 0.354 e. The molecule has 3 rings (SSSR count). The summed E-state index contributed by atoms with van der Waals surface area (Å²) in [5.41, 5.74) is 3.66. The van der Waals surface area contributed by atoms with Gasteiger partial charge in [0.1, 0.15) is 0 Å². The molecule has 1 amide bonds. The summed E-state index contributed by atoms with van der Waals surface area (Å²) in [6, 6.07) is 6.36. The summed E-state index contributed by atoms with van der Waals surface area (Å²) >= 11 is 0. The Morgan fingerprint density at radius 2 is 2.23 bits per heavy atom. The van der Waals surface area contributed by atoms with Crippen molar-refractivity contribution in [2.45, 2.75) is 26.8 Å². The molecule has 0 spiro atoms. The quantitative estimate of drug-likeness (QED) is 0.919. The van der Waals surface area contributed by atoms with E-state index < -0.39 is 0 Å². The molecule has 0 bridgehead atoms. The van der Waals surface area contributed by atoms with Crippen LogP contribution in [0.2, 0.25) is 0 Å². The van der Waals surface area contributed by atoms with Gasteiger partial charge in [0.15, 0.2) is 5.82 Å². The zero-order chi connectivity index (χ0) is 15.5. The summed E-state index contributed by atoms with van der Waals surface area (Å²) in [6.07, 6.45) is 0.664. The molecule has 0 aliphatic carbocycles. The molecule has 1 saturated heterocycles. The molecule has 0 atom stereocenters. The summed E-state index contributed by atoms with van der Waals surface area (Å²) in [4.78, 5) is 17.8. The monoisotopic (exact) mass is 300 g/mol. The Hall–Kier alpha value is -2.21. The maximum absolute atomic E-state index is 11.4. The van der Waals surface area contributed by atoms with Crippen molar-refractivity contribution in [2.75, 3.05) is 19.6 Å². The average molecular weight is 300 g/mol. The lowest BCUT2D eigenvalue weighted by Crippen LogP contribution is -2.47. The smallest absolute Gasteiger partial charge is 0.240 e. The maximum Gasteiger partial charge on any atom is 0.240 e.